The monoisotopic (exact) mass is 476 g/mol. The zero-order valence-electron chi connectivity index (χ0n) is 19.0. The second-order valence-corrected chi connectivity index (χ2v) is 7.99. The van der Waals surface area contributed by atoms with Gasteiger partial charge < -0.3 is 19.1 Å². The van der Waals surface area contributed by atoms with E-state index < -0.39 is 11.4 Å². The number of benzene rings is 2. The number of aryl methyl sites for hydroxylation is 1. The predicted octanol–water partition coefficient (Wildman–Crippen LogP) is 2.56. The van der Waals surface area contributed by atoms with Crippen LogP contribution in [-0.4, -0.2) is 37.3 Å². The smallest absolute Gasteiger partial charge is 0.278 e. The van der Waals surface area contributed by atoms with Gasteiger partial charge in [0, 0.05) is 11.9 Å². The Morgan fingerprint density at radius 2 is 2.09 bits per heavy atom. The third kappa shape index (κ3) is 4.35. The van der Waals surface area contributed by atoms with Crippen LogP contribution in [0.4, 0.5) is 4.39 Å². The Bertz CT molecular complexity index is 1620. The number of ether oxygens (including phenoxy) is 1. The number of methoxy groups -OCH3 is 1. The van der Waals surface area contributed by atoms with Crippen LogP contribution in [-0.2, 0) is 24.4 Å². The van der Waals surface area contributed by atoms with Gasteiger partial charge in [-0.15, -0.1) is 0 Å². The summed E-state index contributed by atoms with van der Waals surface area (Å²) in [4.78, 5) is 34.8. The van der Waals surface area contributed by atoms with Gasteiger partial charge in [0.25, 0.3) is 5.56 Å². The first-order valence-electron chi connectivity index (χ1n) is 10.8. The van der Waals surface area contributed by atoms with Crippen molar-refractivity contribution in [2.24, 2.45) is 0 Å². The van der Waals surface area contributed by atoms with Gasteiger partial charge in [0.15, 0.2) is 5.82 Å². The predicted molar refractivity (Wildman–Crippen MR) is 124 cm³/mol. The van der Waals surface area contributed by atoms with Crippen molar-refractivity contribution >= 4 is 27.8 Å². The molecule has 3 heterocycles. The maximum absolute atomic E-state index is 14.0. The van der Waals surface area contributed by atoms with E-state index in [0.29, 0.717) is 28.0 Å². The summed E-state index contributed by atoms with van der Waals surface area (Å²) < 4.78 is 27.2. The molecule has 11 heteroatoms. The maximum Gasteiger partial charge on any atom is 0.278 e. The lowest BCUT2D eigenvalue weighted by Gasteiger charge is -2.10. The molecule has 1 N–H and O–H groups in total. The molecule has 0 spiro atoms. The number of carbonyl (C=O) groups is 1. The van der Waals surface area contributed by atoms with Crippen molar-refractivity contribution in [3.05, 3.63) is 82.2 Å². The van der Waals surface area contributed by atoms with Crippen LogP contribution in [0.2, 0.25) is 0 Å². The van der Waals surface area contributed by atoms with Crippen molar-refractivity contribution in [3.63, 3.8) is 0 Å². The molecule has 35 heavy (non-hydrogen) atoms. The first-order chi connectivity index (χ1) is 16.9. The third-order valence-electron chi connectivity index (χ3n) is 5.59. The molecule has 10 nitrogen and oxygen atoms in total. The van der Waals surface area contributed by atoms with Crippen molar-refractivity contribution in [1.82, 2.24) is 29.6 Å². The third-order valence-corrected chi connectivity index (χ3v) is 5.59. The minimum atomic E-state index is -0.466. The van der Waals surface area contributed by atoms with Crippen LogP contribution in [0.5, 0.6) is 5.75 Å². The zero-order valence-corrected chi connectivity index (χ0v) is 19.0. The average molecular weight is 476 g/mol. The quantitative estimate of drug-likeness (QED) is 0.384. The number of fused-ring (bicyclic) bond motifs is 3. The minimum Gasteiger partial charge on any atom is -0.497 e. The van der Waals surface area contributed by atoms with Crippen molar-refractivity contribution in [3.8, 4) is 5.75 Å². The summed E-state index contributed by atoms with van der Waals surface area (Å²) in [6.07, 6.45) is 1.35. The van der Waals surface area contributed by atoms with Gasteiger partial charge in [-0.05, 0) is 42.8 Å². The molecule has 0 saturated heterocycles. The van der Waals surface area contributed by atoms with Crippen LogP contribution >= 0.6 is 0 Å². The molecule has 5 aromatic rings. The van der Waals surface area contributed by atoms with Gasteiger partial charge in [-0.2, -0.15) is 4.98 Å². The topological polar surface area (TPSA) is 117 Å². The summed E-state index contributed by atoms with van der Waals surface area (Å²) in [5.41, 5.74) is 1.46. The fraction of sp³-hybridized carbons (Fsp3) is 0.208. The number of hydrogen-bond donors (Lipinski definition) is 1. The summed E-state index contributed by atoms with van der Waals surface area (Å²) in [7, 11) is 1.57. The highest BCUT2D eigenvalue weighted by molar-refractivity contribution is 6.06. The second-order valence-electron chi connectivity index (χ2n) is 7.99. The van der Waals surface area contributed by atoms with E-state index in [0.717, 1.165) is 5.56 Å². The van der Waals surface area contributed by atoms with E-state index in [1.165, 1.54) is 29.1 Å². The highest BCUT2D eigenvalue weighted by atomic mass is 19.1. The number of carbonyl (C=O) groups excluding carboxylic acids is 1. The van der Waals surface area contributed by atoms with Crippen LogP contribution in [0.1, 0.15) is 17.3 Å². The van der Waals surface area contributed by atoms with E-state index in [9.17, 15) is 14.0 Å². The summed E-state index contributed by atoms with van der Waals surface area (Å²) in [6, 6.07) is 11.5. The molecular formula is C24H21FN6O4. The first-order valence-corrected chi connectivity index (χ1v) is 10.8. The average Bonchev–Trinajstić information content (AvgIpc) is 3.40. The Kier molecular flexibility index (Phi) is 5.73. The lowest BCUT2D eigenvalue weighted by molar-refractivity contribution is -0.121. The molecule has 0 saturated carbocycles. The highest BCUT2D eigenvalue weighted by Crippen LogP contribution is 2.26. The molecule has 0 radical (unpaired) electrons. The molecule has 0 atom stereocenters. The van der Waals surface area contributed by atoms with Crippen LogP contribution in [0.3, 0.4) is 0 Å². The Labute approximate surface area is 198 Å². The van der Waals surface area contributed by atoms with Crippen LogP contribution < -0.4 is 15.6 Å². The van der Waals surface area contributed by atoms with Crippen molar-refractivity contribution in [1.29, 1.82) is 0 Å². The van der Waals surface area contributed by atoms with E-state index in [-0.39, 0.29) is 36.9 Å². The molecule has 0 bridgehead atoms. The van der Waals surface area contributed by atoms with Gasteiger partial charge >= 0.3 is 0 Å². The fourth-order valence-corrected chi connectivity index (χ4v) is 3.98. The number of rotatable bonds is 7. The van der Waals surface area contributed by atoms with Crippen LogP contribution in [0, 0.1) is 12.7 Å². The van der Waals surface area contributed by atoms with Crippen molar-refractivity contribution < 1.29 is 18.4 Å². The van der Waals surface area contributed by atoms with E-state index in [1.54, 1.807) is 18.6 Å². The Hall–Kier alpha value is -4.54. The zero-order chi connectivity index (χ0) is 24.5. The standard InChI is InChI=1S/C24H21FN6O4/c1-14-28-21(35-29-14)12-30-13-27-22-18-9-16(25)6-7-19(18)31(23(22)24(30)33)11-20(32)26-10-15-4-3-5-17(8-15)34-2/h3-9,13H,10-12H2,1-2H3,(H,26,32). The van der Waals surface area contributed by atoms with Crippen molar-refractivity contribution in [2.45, 2.75) is 26.6 Å². The SMILES string of the molecule is COc1cccc(CNC(=O)Cn2c3ccc(F)cc3c3ncn(Cc4nc(C)no4)c(=O)c32)c1. The highest BCUT2D eigenvalue weighted by Gasteiger charge is 2.19. The van der Waals surface area contributed by atoms with Gasteiger partial charge in [-0.25, -0.2) is 9.37 Å². The summed E-state index contributed by atoms with van der Waals surface area (Å²) in [6.45, 7) is 1.81. The largest absolute Gasteiger partial charge is 0.497 e. The lowest BCUT2D eigenvalue weighted by Crippen LogP contribution is -2.29. The normalized spacial score (nSPS) is 11.3. The number of nitrogens with one attached hydrogen (secondary N) is 1. The molecule has 0 fully saturated rings. The molecule has 0 unspecified atom stereocenters. The molecule has 5 rings (SSSR count). The molecule has 3 aromatic heterocycles. The van der Waals surface area contributed by atoms with E-state index in [4.69, 9.17) is 9.26 Å². The van der Waals surface area contributed by atoms with E-state index in [2.05, 4.69) is 20.4 Å². The molecule has 0 aliphatic heterocycles. The number of amides is 1. The van der Waals surface area contributed by atoms with Crippen molar-refractivity contribution in [2.75, 3.05) is 7.11 Å². The Morgan fingerprint density at radius 3 is 2.86 bits per heavy atom. The number of nitrogens with zero attached hydrogens (tertiary/aromatic N) is 5. The summed E-state index contributed by atoms with van der Waals surface area (Å²) in [5, 5.41) is 7.03. The maximum atomic E-state index is 14.0. The molecule has 178 valence electrons. The Morgan fingerprint density at radius 1 is 1.23 bits per heavy atom. The van der Waals surface area contributed by atoms with Crippen LogP contribution in [0.25, 0.3) is 21.9 Å². The second kappa shape index (κ2) is 9.01. The summed E-state index contributed by atoms with van der Waals surface area (Å²) >= 11 is 0. The van der Waals surface area contributed by atoms with Crippen LogP contribution in [0.15, 0.2) is 58.1 Å². The van der Waals surface area contributed by atoms with Gasteiger partial charge in [0.1, 0.15) is 35.7 Å². The molecule has 1 amide bonds. The van der Waals surface area contributed by atoms with Gasteiger partial charge in [0.05, 0.1) is 19.0 Å². The van der Waals surface area contributed by atoms with E-state index >= 15 is 0 Å². The summed E-state index contributed by atoms with van der Waals surface area (Å²) in [5.74, 6) is 0.587. The fourth-order valence-electron chi connectivity index (χ4n) is 3.98. The first kappa shape index (κ1) is 22.3. The van der Waals surface area contributed by atoms with Gasteiger partial charge in [-0.1, -0.05) is 17.3 Å². The van der Waals surface area contributed by atoms with E-state index in [1.807, 2.05) is 24.3 Å². The van der Waals surface area contributed by atoms with Gasteiger partial charge in [0.2, 0.25) is 11.8 Å². The Balaban J connectivity index is 1.51. The minimum absolute atomic E-state index is 0.0144. The molecular weight excluding hydrogens is 455 g/mol. The molecule has 0 aliphatic rings. The van der Waals surface area contributed by atoms with Gasteiger partial charge in [-0.3, -0.25) is 14.2 Å². The number of aromatic nitrogens is 5. The lowest BCUT2D eigenvalue weighted by atomic mass is 10.2. The molecule has 2 aromatic carbocycles. The molecule has 0 aliphatic carbocycles. The number of halogens is 1. The number of hydrogen-bond acceptors (Lipinski definition) is 7.